The van der Waals surface area contributed by atoms with Crippen molar-refractivity contribution in [3.63, 3.8) is 0 Å². The van der Waals surface area contributed by atoms with Gasteiger partial charge < -0.3 is 10.4 Å². The van der Waals surface area contributed by atoms with Crippen LogP contribution < -0.4 is 5.32 Å². The summed E-state index contributed by atoms with van der Waals surface area (Å²) >= 11 is 5.94. The van der Waals surface area contributed by atoms with E-state index < -0.39 is 5.97 Å². The second-order valence-electron chi connectivity index (χ2n) is 5.89. The number of carbonyl (C=O) groups is 2. The third kappa shape index (κ3) is 3.73. The summed E-state index contributed by atoms with van der Waals surface area (Å²) in [7, 11) is 0. The van der Waals surface area contributed by atoms with Crippen LogP contribution >= 0.6 is 11.6 Å². The molecule has 1 saturated carbocycles. The van der Waals surface area contributed by atoms with E-state index in [2.05, 4.69) is 15.6 Å². The van der Waals surface area contributed by atoms with Crippen molar-refractivity contribution in [1.29, 1.82) is 0 Å². The lowest BCUT2D eigenvalue weighted by Gasteiger charge is -2.26. The molecule has 1 fully saturated rings. The van der Waals surface area contributed by atoms with E-state index in [4.69, 9.17) is 16.7 Å². The molecule has 1 heterocycles. The Morgan fingerprint density at radius 1 is 1.25 bits per heavy atom. The summed E-state index contributed by atoms with van der Waals surface area (Å²) in [5.74, 6) is -1.37. The number of carbonyl (C=O) groups excluding carboxylic acids is 1. The molecule has 0 saturated heterocycles. The molecule has 0 aliphatic heterocycles. The molecule has 24 heavy (non-hydrogen) atoms. The molecule has 0 unspecified atom stereocenters. The van der Waals surface area contributed by atoms with Gasteiger partial charge in [0.2, 0.25) is 0 Å². The Kier molecular flexibility index (Phi) is 4.80. The van der Waals surface area contributed by atoms with Crippen LogP contribution in [0.1, 0.15) is 36.2 Å². The fourth-order valence-electron chi connectivity index (χ4n) is 2.86. The average Bonchev–Trinajstić information content (AvgIpc) is 3.05. The Morgan fingerprint density at radius 2 is 2.00 bits per heavy atom. The number of nitrogens with zero attached hydrogens (tertiary/aromatic N) is 3. The summed E-state index contributed by atoms with van der Waals surface area (Å²) in [6.45, 7) is 0. The van der Waals surface area contributed by atoms with Crippen LogP contribution in [0.5, 0.6) is 0 Å². The maximum Gasteiger partial charge on any atom is 0.306 e. The first-order valence-electron chi connectivity index (χ1n) is 7.75. The number of carboxylic acids is 1. The third-order valence-electron chi connectivity index (χ3n) is 4.21. The Hall–Kier alpha value is -2.41. The van der Waals surface area contributed by atoms with Crippen molar-refractivity contribution in [2.45, 2.75) is 31.7 Å². The van der Waals surface area contributed by atoms with Gasteiger partial charge >= 0.3 is 5.97 Å². The minimum absolute atomic E-state index is 0.0237. The maximum atomic E-state index is 12.3. The molecule has 1 aromatic heterocycles. The number of nitrogens with one attached hydrogen (secondary N) is 1. The van der Waals surface area contributed by atoms with E-state index in [-0.39, 0.29) is 23.6 Å². The summed E-state index contributed by atoms with van der Waals surface area (Å²) in [6.07, 6.45) is 4.02. The maximum absolute atomic E-state index is 12.3. The molecule has 1 aliphatic carbocycles. The molecular formula is C16H17ClN4O3. The fraction of sp³-hybridized carbons (Fsp3) is 0.375. The zero-order chi connectivity index (χ0) is 17.1. The number of aliphatic carboxylic acids is 1. The Bertz CT molecular complexity index is 753. The number of aromatic nitrogens is 3. The lowest BCUT2D eigenvalue weighted by molar-refractivity contribution is -0.142. The van der Waals surface area contributed by atoms with Crippen LogP contribution in [0, 0.1) is 5.92 Å². The van der Waals surface area contributed by atoms with Gasteiger partial charge in [0.15, 0.2) is 5.69 Å². The molecule has 0 spiro atoms. The van der Waals surface area contributed by atoms with Gasteiger partial charge in [0.05, 0.1) is 17.8 Å². The molecule has 8 heteroatoms. The van der Waals surface area contributed by atoms with Crippen LogP contribution in [-0.2, 0) is 4.79 Å². The van der Waals surface area contributed by atoms with E-state index in [0.717, 1.165) is 5.69 Å². The van der Waals surface area contributed by atoms with Crippen molar-refractivity contribution in [1.82, 2.24) is 20.3 Å². The molecular weight excluding hydrogens is 332 g/mol. The van der Waals surface area contributed by atoms with Gasteiger partial charge in [-0.25, -0.2) is 4.68 Å². The van der Waals surface area contributed by atoms with E-state index in [1.165, 1.54) is 4.68 Å². The summed E-state index contributed by atoms with van der Waals surface area (Å²) in [4.78, 5) is 23.2. The smallest absolute Gasteiger partial charge is 0.306 e. The zero-order valence-corrected chi connectivity index (χ0v) is 13.6. The Labute approximate surface area is 143 Å². The lowest BCUT2D eigenvalue weighted by Crippen LogP contribution is -2.38. The van der Waals surface area contributed by atoms with Gasteiger partial charge in [0.25, 0.3) is 5.91 Å². The van der Waals surface area contributed by atoms with Crippen molar-refractivity contribution in [2.24, 2.45) is 5.92 Å². The number of hydrogen-bond acceptors (Lipinski definition) is 4. The summed E-state index contributed by atoms with van der Waals surface area (Å²) in [6, 6.07) is 7.06. The number of halogens is 1. The highest BCUT2D eigenvalue weighted by molar-refractivity contribution is 6.30. The van der Waals surface area contributed by atoms with Crippen molar-refractivity contribution in [2.75, 3.05) is 0 Å². The molecule has 1 aliphatic rings. The van der Waals surface area contributed by atoms with Gasteiger partial charge in [0.1, 0.15) is 0 Å². The number of carboxylic acid groups (broad SMARTS) is 1. The number of rotatable bonds is 4. The largest absolute Gasteiger partial charge is 0.481 e. The highest BCUT2D eigenvalue weighted by atomic mass is 35.5. The molecule has 7 nitrogen and oxygen atoms in total. The number of benzene rings is 1. The quantitative estimate of drug-likeness (QED) is 0.883. The fourth-order valence-corrected chi connectivity index (χ4v) is 3.04. The highest BCUT2D eigenvalue weighted by Crippen LogP contribution is 2.24. The van der Waals surface area contributed by atoms with Crippen LogP contribution in [0.4, 0.5) is 0 Å². The highest BCUT2D eigenvalue weighted by Gasteiger charge is 2.27. The van der Waals surface area contributed by atoms with E-state index in [0.29, 0.717) is 30.7 Å². The molecule has 1 aromatic carbocycles. The monoisotopic (exact) mass is 348 g/mol. The van der Waals surface area contributed by atoms with Crippen molar-refractivity contribution < 1.29 is 14.7 Å². The van der Waals surface area contributed by atoms with E-state index in [1.807, 2.05) is 6.07 Å². The second-order valence-corrected chi connectivity index (χ2v) is 6.32. The molecule has 126 valence electrons. The topological polar surface area (TPSA) is 97.1 Å². The van der Waals surface area contributed by atoms with Crippen LogP contribution in [0.25, 0.3) is 5.69 Å². The minimum Gasteiger partial charge on any atom is -0.481 e. The van der Waals surface area contributed by atoms with Gasteiger partial charge in [-0.05, 0) is 43.9 Å². The van der Waals surface area contributed by atoms with Gasteiger partial charge in [-0.15, -0.1) is 5.10 Å². The second kappa shape index (κ2) is 7.00. The average molecular weight is 349 g/mol. The molecule has 3 rings (SSSR count). The zero-order valence-electron chi connectivity index (χ0n) is 12.9. The minimum atomic E-state index is -0.760. The van der Waals surface area contributed by atoms with Crippen LogP contribution in [0.15, 0.2) is 30.5 Å². The molecule has 2 aromatic rings. The van der Waals surface area contributed by atoms with Crippen LogP contribution in [0.3, 0.4) is 0 Å². The van der Waals surface area contributed by atoms with Gasteiger partial charge in [-0.2, -0.15) is 0 Å². The number of hydrogen-bond donors (Lipinski definition) is 2. The van der Waals surface area contributed by atoms with E-state index in [9.17, 15) is 9.59 Å². The molecule has 0 bridgehead atoms. The SMILES string of the molecule is O=C(NC1CCC(C(=O)O)CC1)c1cn(-c2cccc(Cl)c2)nn1. The van der Waals surface area contributed by atoms with Crippen molar-refractivity contribution >= 4 is 23.5 Å². The molecule has 1 amide bonds. The third-order valence-corrected chi connectivity index (χ3v) is 4.45. The molecule has 0 radical (unpaired) electrons. The van der Waals surface area contributed by atoms with Gasteiger partial charge in [-0.1, -0.05) is 22.9 Å². The van der Waals surface area contributed by atoms with Gasteiger partial charge in [0, 0.05) is 11.1 Å². The van der Waals surface area contributed by atoms with E-state index in [1.54, 1.807) is 24.4 Å². The summed E-state index contributed by atoms with van der Waals surface area (Å²) in [5.41, 5.74) is 0.936. The summed E-state index contributed by atoms with van der Waals surface area (Å²) in [5, 5.41) is 20.3. The standard InChI is InChI=1S/C16H17ClN4O3/c17-11-2-1-3-13(8-11)21-9-14(19-20-21)15(22)18-12-6-4-10(5-7-12)16(23)24/h1-3,8-10,12H,4-7H2,(H,18,22)(H,23,24). The van der Waals surface area contributed by atoms with Crippen LogP contribution in [-0.4, -0.2) is 38.0 Å². The lowest BCUT2D eigenvalue weighted by atomic mass is 9.86. The predicted octanol–water partition coefficient (Wildman–Crippen LogP) is 2.29. The van der Waals surface area contributed by atoms with Crippen LogP contribution in [0.2, 0.25) is 5.02 Å². The number of amides is 1. The van der Waals surface area contributed by atoms with E-state index >= 15 is 0 Å². The first-order valence-corrected chi connectivity index (χ1v) is 8.12. The Morgan fingerprint density at radius 3 is 2.67 bits per heavy atom. The van der Waals surface area contributed by atoms with Crippen molar-refractivity contribution in [3.05, 3.63) is 41.2 Å². The van der Waals surface area contributed by atoms with Crippen molar-refractivity contribution in [3.8, 4) is 5.69 Å². The first-order chi connectivity index (χ1) is 11.5. The van der Waals surface area contributed by atoms with Gasteiger partial charge in [-0.3, -0.25) is 9.59 Å². The summed E-state index contributed by atoms with van der Waals surface area (Å²) < 4.78 is 1.49. The predicted molar refractivity (Wildman–Crippen MR) is 87.2 cm³/mol. The first kappa shape index (κ1) is 16.4. The molecule has 0 atom stereocenters. The Balaban J connectivity index is 1.61. The normalized spacial score (nSPS) is 20.5. The molecule has 2 N–H and O–H groups in total.